The van der Waals surface area contributed by atoms with E-state index in [-0.39, 0.29) is 30.6 Å². The molecule has 0 aromatic heterocycles. The number of carbonyl (C=O) groups excluding carboxylic acids is 1. The molecule has 0 N–H and O–H groups in total. The zero-order valence-corrected chi connectivity index (χ0v) is 14.7. The molecule has 138 valence electrons. The molecule has 0 rings (SSSR count). The molecule has 0 saturated heterocycles. The molecule has 8 heteroatoms. The van der Waals surface area contributed by atoms with Crippen LogP contribution in [0.3, 0.4) is 0 Å². The highest BCUT2D eigenvalue weighted by Crippen LogP contribution is 2.39. The first-order valence-corrected chi connectivity index (χ1v) is 8.66. The van der Waals surface area contributed by atoms with Crippen molar-refractivity contribution in [2.75, 3.05) is 12.4 Å². The molecule has 0 radical (unpaired) electrons. The maximum absolute atomic E-state index is 12.7. The number of hydrogen-bond acceptors (Lipinski definition) is 3. The molecule has 0 spiro atoms. The summed E-state index contributed by atoms with van der Waals surface area (Å²) in [4.78, 5) is 11.9. The van der Waals surface area contributed by atoms with E-state index in [0.29, 0.717) is 12.4 Å². The number of unbranched alkanes of at least 4 members (excludes halogenated alkanes) is 1. The van der Waals surface area contributed by atoms with Crippen molar-refractivity contribution < 1.29 is 31.5 Å². The van der Waals surface area contributed by atoms with E-state index in [1.807, 2.05) is 27.7 Å². The highest BCUT2D eigenvalue weighted by Gasteiger charge is 2.56. The summed E-state index contributed by atoms with van der Waals surface area (Å²) in [6.45, 7) is 7.80. The Kier molecular flexibility index (Phi) is 9.47. The van der Waals surface area contributed by atoms with Gasteiger partial charge in [0.15, 0.2) is 0 Å². The van der Waals surface area contributed by atoms with Crippen molar-refractivity contribution in [3.8, 4) is 0 Å². The average Bonchev–Trinajstić information content (AvgIpc) is 2.38. The summed E-state index contributed by atoms with van der Waals surface area (Å²) in [6.07, 6.45) is -6.77. The summed E-state index contributed by atoms with van der Waals surface area (Å²) in [5, 5.41) is -0.433. The van der Waals surface area contributed by atoms with Crippen LogP contribution in [0.25, 0.3) is 0 Å². The van der Waals surface area contributed by atoms with Gasteiger partial charge in [0.1, 0.15) is 5.25 Å². The van der Waals surface area contributed by atoms with Gasteiger partial charge in [-0.2, -0.15) is 22.0 Å². The molecule has 0 saturated carbocycles. The van der Waals surface area contributed by atoms with Crippen LogP contribution in [0, 0.1) is 11.8 Å². The van der Waals surface area contributed by atoms with E-state index in [1.54, 1.807) is 0 Å². The average molecular weight is 364 g/mol. The number of hydrogen-bond donors (Lipinski definition) is 0. The van der Waals surface area contributed by atoms with Gasteiger partial charge < -0.3 is 4.74 Å². The van der Waals surface area contributed by atoms with Crippen LogP contribution in [0.1, 0.15) is 47.0 Å². The van der Waals surface area contributed by atoms with Crippen LogP contribution in [0.5, 0.6) is 0 Å². The summed E-state index contributed by atoms with van der Waals surface area (Å²) in [7, 11) is 0. The van der Waals surface area contributed by atoms with Gasteiger partial charge in [0.05, 0.1) is 6.61 Å². The molecular weight excluding hydrogens is 339 g/mol. The number of carbonyl (C=O) groups is 1. The van der Waals surface area contributed by atoms with Gasteiger partial charge >= 0.3 is 18.1 Å². The predicted octanol–water partition coefficient (Wildman–Crippen LogP) is 5.31. The standard InChI is InChI=1S/C15H25F5O2S/c1-10(2)9-22-13(21)12(11(3)4)23-8-6-5-7-14(16,17)15(18,19)20/h10-12H,5-9H2,1-4H3. The second-order valence-electron chi connectivity index (χ2n) is 6.22. The summed E-state index contributed by atoms with van der Waals surface area (Å²) < 4.78 is 66.7. The minimum absolute atomic E-state index is 0.00345. The van der Waals surface area contributed by atoms with E-state index in [0.717, 1.165) is 0 Å². The number of ether oxygens (including phenoxy) is 1. The first-order valence-electron chi connectivity index (χ1n) is 7.61. The van der Waals surface area contributed by atoms with Gasteiger partial charge in [-0.05, 0) is 30.4 Å². The Balaban J connectivity index is 4.18. The lowest BCUT2D eigenvalue weighted by Crippen LogP contribution is -2.36. The van der Waals surface area contributed by atoms with E-state index < -0.39 is 23.8 Å². The Morgan fingerprint density at radius 1 is 1.04 bits per heavy atom. The molecule has 23 heavy (non-hydrogen) atoms. The summed E-state index contributed by atoms with van der Waals surface area (Å²) in [5.74, 6) is -4.46. The third-order valence-electron chi connectivity index (χ3n) is 2.99. The first kappa shape index (κ1) is 22.5. The summed E-state index contributed by atoms with van der Waals surface area (Å²) in [5.41, 5.74) is 0. The SMILES string of the molecule is CC(C)COC(=O)C(SCCCCC(F)(F)C(F)(F)F)C(C)C. The molecule has 0 amide bonds. The topological polar surface area (TPSA) is 26.3 Å². The minimum Gasteiger partial charge on any atom is -0.465 e. The number of halogens is 5. The Bertz CT molecular complexity index is 356. The van der Waals surface area contributed by atoms with Crippen LogP contribution in [0.2, 0.25) is 0 Å². The maximum Gasteiger partial charge on any atom is 0.453 e. The zero-order valence-electron chi connectivity index (χ0n) is 13.9. The van der Waals surface area contributed by atoms with Crippen LogP contribution in [0.15, 0.2) is 0 Å². The van der Waals surface area contributed by atoms with Crippen LogP contribution < -0.4 is 0 Å². The molecule has 0 heterocycles. The van der Waals surface area contributed by atoms with Crippen LogP contribution in [-0.2, 0) is 9.53 Å². The van der Waals surface area contributed by atoms with Crippen LogP contribution in [0.4, 0.5) is 22.0 Å². The van der Waals surface area contributed by atoms with E-state index >= 15 is 0 Å². The molecule has 0 aromatic rings. The monoisotopic (exact) mass is 364 g/mol. The molecule has 0 aliphatic heterocycles. The van der Waals surface area contributed by atoms with Crippen molar-refractivity contribution in [1.82, 2.24) is 0 Å². The van der Waals surface area contributed by atoms with Gasteiger partial charge in [-0.25, -0.2) is 0 Å². The zero-order chi connectivity index (χ0) is 18.3. The highest BCUT2D eigenvalue weighted by atomic mass is 32.2. The lowest BCUT2D eigenvalue weighted by Gasteiger charge is -2.21. The van der Waals surface area contributed by atoms with Crippen molar-refractivity contribution >= 4 is 17.7 Å². The van der Waals surface area contributed by atoms with Gasteiger partial charge in [-0.15, -0.1) is 11.8 Å². The first-order chi connectivity index (χ1) is 10.4. The molecule has 0 bridgehead atoms. The van der Waals surface area contributed by atoms with Gasteiger partial charge in [0.25, 0.3) is 0 Å². The largest absolute Gasteiger partial charge is 0.465 e. The summed E-state index contributed by atoms with van der Waals surface area (Å²) >= 11 is 1.25. The van der Waals surface area contributed by atoms with E-state index in [4.69, 9.17) is 4.74 Å². The molecule has 2 nitrogen and oxygen atoms in total. The van der Waals surface area contributed by atoms with Gasteiger partial charge in [-0.1, -0.05) is 27.7 Å². The van der Waals surface area contributed by atoms with E-state index in [1.165, 1.54) is 11.8 Å². The Morgan fingerprint density at radius 3 is 2.04 bits per heavy atom. The molecule has 1 atom stereocenters. The molecular formula is C15H25F5O2S. The third-order valence-corrected chi connectivity index (χ3v) is 4.61. The Labute approximate surface area is 138 Å². The minimum atomic E-state index is -5.50. The highest BCUT2D eigenvalue weighted by molar-refractivity contribution is 8.00. The normalized spacial score (nSPS) is 14.4. The fourth-order valence-corrected chi connectivity index (χ4v) is 2.88. The second kappa shape index (κ2) is 9.69. The van der Waals surface area contributed by atoms with E-state index in [2.05, 4.69) is 0 Å². The third kappa shape index (κ3) is 8.77. The summed E-state index contributed by atoms with van der Waals surface area (Å²) in [6, 6.07) is 0. The molecule has 0 aliphatic rings. The number of esters is 1. The quantitative estimate of drug-likeness (QED) is 0.298. The lowest BCUT2D eigenvalue weighted by molar-refractivity contribution is -0.284. The van der Waals surface area contributed by atoms with Gasteiger partial charge in [0.2, 0.25) is 0 Å². The van der Waals surface area contributed by atoms with Crippen molar-refractivity contribution in [2.24, 2.45) is 11.8 Å². The number of rotatable bonds is 10. The van der Waals surface area contributed by atoms with Crippen molar-refractivity contribution in [3.63, 3.8) is 0 Å². The van der Waals surface area contributed by atoms with Crippen LogP contribution in [-0.4, -0.2) is 35.7 Å². The van der Waals surface area contributed by atoms with Crippen molar-refractivity contribution in [3.05, 3.63) is 0 Å². The Hall–Kier alpha value is -0.530. The van der Waals surface area contributed by atoms with Gasteiger partial charge in [-0.3, -0.25) is 4.79 Å². The molecule has 0 aromatic carbocycles. The van der Waals surface area contributed by atoms with Crippen molar-refractivity contribution in [2.45, 2.75) is 64.3 Å². The molecule has 0 fully saturated rings. The molecule has 0 aliphatic carbocycles. The number of alkyl halides is 5. The second-order valence-corrected chi connectivity index (χ2v) is 7.47. The van der Waals surface area contributed by atoms with Crippen molar-refractivity contribution in [1.29, 1.82) is 0 Å². The number of thioether (sulfide) groups is 1. The smallest absolute Gasteiger partial charge is 0.453 e. The Morgan fingerprint density at radius 2 is 1.61 bits per heavy atom. The van der Waals surface area contributed by atoms with E-state index in [9.17, 15) is 26.7 Å². The van der Waals surface area contributed by atoms with Gasteiger partial charge in [0, 0.05) is 6.42 Å². The lowest BCUT2D eigenvalue weighted by atomic mass is 10.1. The maximum atomic E-state index is 12.7. The van der Waals surface area contributed by atoms with Crippen LogP contribution >= 0.6 is 11.8 Å². The fourth-order valence-electron chi connectivity index (χ4n) is 1.66. The molecule has 1 unspecified atom stereocenters. The fraction of sp³-hybridized carbons (Fsp3) is 0.933. The predicted molar refractivity (Wildman–Crippen MR) is 81.7 cm³/mol.